The van der Waals surface area contributed by atoms with Crippen molar-refractivity contribution >= 4 is 6.09 Å². The minimum absolute atomic E-state index is 0.254. The van der Waals surface area contributed by atoms with Gasteiger partial charge in [0.1, 0.15) is 5.60 Å². The Morgan fingerprint density at radius 3 is 2.86 bits per heavy atom. The van der Waals surface area contributed by atoms with E-state index in [1.807, 2.05) is 39.8 Å². The molecule has 0 bridgehead atoms. The fraction of sp³-hybridized carbons (Fsp3) is 0.562. The average molecular weight is 292 g/mol. The fourth-order valence-corrected chi connectivity index (χ4v) is 2.22. The normalized spacial score (nSPS) is 15.5. The van der Waals surface area contributed by atoms with E-state index in [-0.39, 0.29) is 5.60 Å². The van der Waals surface area contributed by atoms with Gasteiger partial charge in [-0.1, -0.05) is 12.1 Å². The number of rotatable bonds is 4. The van der Waals surface area contributed by atoms with Crippen molar-refractivity contribution in [3.8, 4) is 11.5 Å². The molecule has 1 aliphatic rings. The maximum absolute atomic E-state index is 12.1. The number of amides is 1. The molecule has 0 fully saturated rings. The van der Waals surface area contributed by atoms with E-state index in [4.69, 9.17) is 9.47 Å². The summed E-state index contributed by atoms with van der Waals surface area (Å²) in [5.74, 6) is 1.17. The van der Waals surface area contributed by atoms with Crippen LogP contribution in [0.15, 0.2) is 18.2 Å². The number of nitrogens with zero attached hydrogens (tertiary/aromatic N) is 1. The summed E-state index contributed by atoms with van der Waals surface area (Å²) >= 11 is 0. The summed E-state index contributed by atoms with van der Waals surface area (Å²) in [4.78, 5) is 13.6. The first kappa shape index (κ1) is 15.6. The Kier molecular flexibility index (Phi) is 4.42. The van der Waals surface area contributed by atoms with Crippen LogP contribution >= 0.6 is 0 Å². The number of carbonyl (C=O) groups excluding carboxylic acids is 1. The molecule has 0 atom stereocenters. The standard InChI is InChI=1S/C16H24N2O3/c1-11(2)17-10-18(5)15(19)20-13-8-6-7-12-9-16(3,4)21-14(12)13/h6-8,11,17H,9-10H2,1-5H3. The van der Waals surface area contributed by atoms with Gasteiger partial charge in [-0.15, -0.1) is 0 Å². The Balaban J connectivity index is 2.05. The third-order valence-electron chi connectivity index (χ3n) is 3.30. The van der Waals surface area contributed by atoms with Gasteiger partial charge in [-0.3, -0.25) is 10.2 Å². The third-order valence-corrected chi connectivity index (χ3v) is 3.30. The summed E-state index contributed by atoms with van der Waals surface area (Å²) < 4.78 is 11.4. The Hall–Kier alpha value is -1.75. The van der Waals surface area contributed by atoms with E-state index >= 15 is 0 Å². The van der Waals surface area contributed by atoms with Gasteiger partial charge >= 0.3 is 6.09 Å². The zero-order chi connectivity index (χ0) is 15.6. The van der Waals surface area contributed by atoms with E-state index in [1.54, 1.807) is 13.1 Å². The summed E-state index contributed by atoms with van der Waals surface area (Å²) in [6.45, 7) is 8.55. The van der Waals surface area contributed by atoms with E-state index < -0.39 is 6.09 Å². The molecule has 1 aromatic carbocycles. The Morgan fingerprint density at radius 2 is 2.19 bits per heavy atom. The van der Waals surface area contributed by atoms with Crippen molar-refractivity contribution in [1.82, 2.24) is 10.2 Å². The smallest absolute Gasteiger partial charge is 0.416 e. The summed E-state index contributed by atoms with van der Waals surface area (Å²) in [7, 11) is 1.70. The van der Waals surface area contributed by atoms with Gasteiger partial charge in [-0.25, -0.2) is 4.79 Å². The van der Waals surface area contributed by atoms with Crippen LogP contribution < -0.4 is 14.8 Å². The van der Waals surface area contributed by atoms with Gasteiger partial charge in [-0.05, 0) is 33.8 Å². The number of carbonyl (C=O) groups is 1. The molecule has 1 N–H and O–H groups in total. The lowest BCUT2D eigenvalue weighted by Crippen LogP contribution is -2.40. The Bertz CT molecular complexity index is 526. The molecule has 5 heteroatoms. The van der Waals surface area contributed by atoms with Gasteiger partial charge in [0.05, 0.1) is 6.67 Å². The zero-order valence-electron chi connectivity index (χ0n) is 13.4. The van der Waals surface area contributed by atoms with Crippen molar-refractivity contribution in [3.05, 3.63) is 23.8 Å². The van der Waals surface area contributed by atoms with Crippen molar-refractivity contribution in [2.75, 3.05) is 13.7 Å². The topological polar surface area (TPSA) is 50.8 Å². The van der Waals surface area contributed by atoms with Gasteiger partial charge in [0.25, 0.3) is 0 Å². The quantitative estimate of drug-likeness (QED) is 0.867. The van der Waals surface area contributed by atoms with Crippen LogP contribution in [0, 0.1) is 0 Å². The molecule has 2 rings (SSSR count). The van der Waals surface area contributed by atoms with Crippen molar-refractivity contribution < 1.29 is 14.3 Å². The van der Waals surface area contributed by atoms with E-state index in [1.165, 1.54) is 4.90 Å². The van der Waals surface area contributed by atoms with Crippen LogP contribution in [0.5, 0.6) is 11.5 Å². The molecule has 0 saturated heterocycles. The second kappa shape index (κ2) is 5.93. The molecular weight excluding hydrogens is 268 g/mol. The first-order valence-electron chi connectivity index (χ1n) is 7.26. The Labute approximate surface area is 126 Å². The highest BCUT2D eigenvalue weighted by Gasteiger charge is 2.33. The van der Waals surface area contributed by atoms with E-state index in [0.717, 1.165) is 12.0 Å². The Morgan fingerprint density at radius 1 is 1.48 bits per heavy atom. The molecule has 0 unspecified atom stereocenters. The third kappa shape index (κ3) is 3.88. The summed E-state index contributed by atoms with van der Waals surface area (Å²) in [5, 5.41) is 3.17. The summed E-state index contributed by atoms with van der Waals surface area (Å²) in [5.41, 5.74) is 0.823. The van der Waals surface area contributed by atoms with Gasteiger partial charge < -0.3 is 9.47 Å². The van der Waals surface area contributed by atoms with Gasteiger partial charge in [-0.2, -0.15) is 0 Å². The van der Waals surface area contributed by atoms with Crippen LogP contribution in [0.3, 0.4) is 0 Å². The molecule has 116 valence electrons. The number of benzene rings is 1. The fourth-order valence-electron chi connectivity index (χ4n) is 2.22. The lowest BCUT2D eigenvalue weighted by molar-refractivity contribution is 0.128. The molecular formula is C16H24N2O3. The van der Waals surface area contributed by atoms with E-state index in [0.29, 0.717) is 24.2 Å². The lowest BCUT2D eigenvalue weighted by atomic mass is 10.0. The molecule has 0 spiro atoms. The summed E-state index contributed by atoms with van der Waals surface area (Å²) in [6, 6.07) is 5.97. The van der Waals surface area contributed by atoms with Crippen LogP contribution in [-0.4, -0.2) is 36.4 Å². The van der Waals surface area contributed by atoms with Crippen LogP contribution in [0.4, 0.5) is 4.79 Å². The second-order valence-electron chi connectivity index (χ2n) is 6.37. The molecule has 0 saturated carbocycles. The van der Waals surface area contributed by atoms with E-state index in [9.17, 15) is 4.79 Å². The van der Waals surface area contributed by atoms with Crippen molar-refractivity contribution in [2.24, 2.45) is 0 Å². The molecule has 0 aliphatic carbocycles. The van der Waals surface area contributed by atoms with Crippen LogP contribution in [0.2, 0.25) is 0 Å². The van der Waals surface area contributed by atoms with Crippen molar-refractivity contribution in [1.29, 1.82) is 0 Å². The molecule has 0 aromatic heterocycles. The zero-order valence-corrected chi connectivity index (χ0v) is 13.4. The molecule has 21 heavy (non-hydrogen) atoms. The average Bonchev–Trinajstić information content (AvgIpc) is 2.71. The molecule has 1 aliphatic heterocycles. The molecule has 1 heterocycles. The van der Waals surface area contributed by atoms with Crippen LogP contribution in [0.1, 0.15) is 33.3 Å². The number of para-hydroxylation sites is 1. The largest absolute Gasteiger partial charge is 0.483 e. The maximum atomic E-state index is 12.1. The second-order valence-corrected chi connectivity index (χ2v) is 6.37. The predicted octanol–water partition coefficient (Wildman–Crippen LogP) is 2.79. The van der Waals surface area contributed by atoms with E-state index in [2.05, 4.69) is 5.32 Å². The highest BCUT2D eigenvalue weighted by Crippen LogP contribution is 2.41. The lowest BCUT2D eigenvalue weighted by Gasteiger charge is -2.21. The number of hydrogen-bond acceptors (Lipinski definition) is 4. The van der Waals surface area contributed by atoms with Gasteiger partial charge in [0, 0.05) is 25.1 Å². The highest BCUT2D eigenvalue weighted by molar-refractivity contribution is 5.72. The SMILES string of the molecule is CC(C)NCN(C)C(=O)Oc1cccc2c1OC(C)(C)C2. The van der Waals surface area contributed by atoms with Crippen molar-refractivity contribution in [2.45, 2.75) is 45.8 Å². The number of fused-ring (bicyclic) bond motifs is 1. The minimum Gasteiger partial charge on any atom is -0.483 e. The monoisotopic (exact) mass is 292 g/mol. The molecule has 1 amide bonds. The number of hydrogen-bond donors (Lipinski definition) is 1. The first-order valence-corrected chi connectivity index (χ1v) is 7.26. The van der Waals surface area contributed by atoms with Gasteiger partial charge in [0.2, 0.25) is 0 Å². The number of nitrogens with one attached hydrogen (secondary N) is 1. The van der Waals surface area contributed by atoms with Crippen LogP contribution in [-0.2, 0) is 6.42 Å². The highest BCUT2D eigenvalue weighted by atomic mass is 16.6. The maximum Gasteiger partial charge on any atom is 0.416 e. The first-order chi connectivity index (χ1) is 9.78. The predicted molar refractivity (Wildman–Crippen MR) is 81.8 cm³/mol. The van der Waals surface area contributed by atoms with Gasteiger partial charge in [0.15, 0.2) is 11.5 Å². The van der Waals surface area contributed by atoms with Crippen LogP contribution in [0.25, 0.3) is 0 Å². The molecule has 0 radical (unpaired) electrons. The van der Waals surface area contributed by atoms with Crippen molar-refractivity contribution in [3.63, 3.8) is 0 Å². The molecule has 5 nitrogen and oxygen atoms in total. The molecule has 1 aromatic rings. The number of ether oxygens (including phenoxy) is 2. The minimum atomic E-state index is -0.398. The summed E-state index contributed by atoms with van der Waals surface area (Å²) in [6.07, 6.45) is 0.420.